The number of hydrogen-bond donors (Lipinski definition) is 4. The zero-order valence-electron chi connectivity index (χ0n) is 21.1. The van der Waals surface area contributed by atoms with Crippen LogP contribution in [0.15, 0.2) is 104 Å². The van der Waals surface area contributed by atoms with Crippen LogP contribution in [0.1, 0.15) is 11.1 Å². The van der Waals surface area contributed by atoms with E-state index in [-0.39, 0.29) is 6.10 Å². The fourth-order valence-electron chi connectivity index (χ4n) is 4.36. The van der Waals surface area contributed by atoms with E-state index in [1.165, 1.54) is 5.56 Å². The molecule has 7 nitrogen and oxygen atoms in total. The highest BCUT2D eigenvalue weighted by Gasteiger charge is 2.22. The van der Waals surface area contributed by atoms with Crippen molar-refractivity contribution < 1.29 is 4.74 Å². The van der Waals surface area contributed by atoms with E-state index in [1.54, 1.807) is 0 Å². The SMILES string of the molecule is C=C1Nc2cccc(-c3cnc4c(c3)NCC(CNCCc3ccc(C#N)cc3)O4)c2N1.c1ccccc1. The van der Waals surface area contributed by atoms with Gasteiger partial charge in [0.25, 0.3) is 0 Å². The number of aromatic nitrogens is 1. The monoisotopic (exact) mass is 502 g/mol. The van der Waals surface area contributed by atoms with Gasteiger partial charge in [-0.2, -0.15) is 5.26 Å². The van der Waals surface area contributed by atoms with Gasteiger partial charge in [0.2, 0.25) is 5.88 Å². The molecule has 3 aromatic carbocycles. The van der Waals surface area contributed by atoms with Crippen LogP contribution < -0.4 is 26.0 Å². The van der Waals surface area contributed by atoms with Crippen LogP contribution in [0.4, 0.5) is 17.1 Å². The Morgan fingerprint density at radius 1 is 0.974 bits per heavy atom. The van der Waals surface area contributed by atoms with Gasteiger partial charge in [-0.15, -0.1) is 0 Å². The van der Waals surface area contributed by atoms with Crippen molar-refractivity contribution >= 4 is 17.1 Å². The summed E-state index contributed by atoms with van der Waals surface area (Å²) in [5.74, 6) is 1.40. The lowest BCUT2D eigenvalue weighted by Crippen LogP contribution is -2.40. The van der Waals surface area contributed by atoms with E-state index in [1.807, 2.05) is 79.0 Å². The summed E-state index contributed by atoms with van der Waals surface area (Å²) in [6.07, 6.45) is 2.76. The van der Waals surface area contributed by atoms with E-state index in [9.17, 15) is 0 Å². The van der Waals surface area contributed by atoms with Crippen molar-refractivity contribution in [2.24, 2.45) is 0 Å². The minimum absolute atomic E-state index is 0.0111. The molecule has 0 spiro atoms. The quantitative estimate of drug-likeness (QED) is 0.254. The normalized spacial score (nSPS) is 14.7. The Balaban J connectivity index is 0.000000433. The Kier molecular flexibility index (Phi) is 7.83. The van der Waals surface area contributed by atoms with Crippen molar-refractivity contribution in [3.8, 4) is 23.1 Å². The summed E-state index contributed by atoms with van der Waals surface area (Å²) in [7, 11) is 0. The smallest absolute Gasteiger partial charge is 0.237 e. The molecule has 1 unspecified atom stereocenters. The van der Waals surface area contributed by atoms with Gasteiger partial charge in [-0.05, 0) is 42.8 Å². The summed E-state index contributed by atoms with van der Waals surface area (Å²) in [5, 5.41) is 22.3. The zero-order chi connectivity index (χ0) is 26.2. The number of fused-ring (bicyclic) bond motifs is 2. The Morgan fingerprint density at radius 3 is 2.47 bits per heavy atom. The minimum atomic E-state index is 0.0111. The third kappa shape index (κ3) is 6.12. The third-order valence-corrected chi connectivity index (χ3v) is 6.30. The molecule has 0 radical (unpaired) electrons. The van der Waals surface area contributed by atoms with Gasteiger partial charge in [0.05, 0.1) is 35.2 Å². The summed E-state index contributed by atoms with van der Waals surface area (Å²) in [6.45, 7) is 6.24. The van der Waals surface area contributed by atoms with Crippen molar-refractivity contribution in [2.75, 3.05) is 35.6 Å². The molecule has 7 heteroatoms. The van der Waals surface area contributed by atoms with Crippen molar-refractivity contribution in [1.29, 1.82) is 5.26 Å². The molecule has 2 aliphatic rings. The predicted molar refractivity (Wildman–Crippen MR) is 153 cm³/mol. The molecular formula is C31H30N6O. The summed E-state index contributed by atoms with van der Waals surface area (Å²) in [6, 6.07) is 30.0. The van der Waals surface area contributed by atoms with Crippen LogP contribution >= 0.6 is 0 Å². The Morgan fingerprint density at radius 2 is 1.74 bits per heavy atom. The summed E-state index contributed by atoms with van der Waals surface area (Å²) in [5.41, 5.74) is 6.91. The molecule has 0 fully saturated rings. The lowest BCUT2D eigenvalue weighted by atomic mass is 10.0. The van der Waals surface area contributed by atoms with E-state index in [4.69, 9.17) is 10.00 Å². The lowest BCUT2D eigenvalue weighted by molar-refractivity contribution is 0.194. The van der Waals surface area contributed by atoms with Gasteiger partial charge in [0.1, 0.15) is 11.9 Å². The maximum atomic E-state index is 8.88. The fourth-order valence-corrected chi connectivity index (χ4v) is 4.36. The number of rotatable bonds is 6. The fraction of sp³-hybridized carbons (Fsp3) is 0.161. The molecular weight excluding hydrogens is 472 g/mol. The predicted octanol–water partition coefficient (Wildman–Crippen LogP) is 5.62. The summed E-state index contributed by atoms with van der Waals surface area (Å²) in [4.78, 5) is 4.57. The molecule has 1 atom stereocenters. The molecule has 0 amide bonds. The standard InChI is InChI=1S/C25H24N6O.C6H6/c1-16-30-22-4-2-3-21(24(22)31-16)19-11-23-25(29-13-19)32-20(15-28-23)14-27-10-9-17-5-7-18(12-26)8-6-17;1-2-4-6-5-3-1/h2-8,11,13,20,27-28,30-31H,1,9-10,14-15H2;1-6H. The first kappa shape index (κ1) is 24.9. The summed E-state index contributed by atoms with van der Waals surface area (Å²) < 4.78 is 6.10. The van der Waals surface area contributed by atoms with E-state index < -0.39 is 0 Å². The second kappa shape index (κ2) is 12.0. The molecule has 0 bridgehead atoms. The van der Waals surface area contributed by atoms with Crippen molar-refractivity contribution in [2.45, 2.75) is 12.5 Å². The number of anilines is 3. The molecule has 2 aliphatic heterocycles. The van der Waals surface area contributed by atoms with Crippen LogP contribution in [0.25, 0.3) is 11.1 Å². The lowest BCUT2D eigenvalue weighted by Gasteiger charge is -2.27. The van der Waals surface area contributed by atoms with E-state index in [0.717, 1.165) is 53.5 Å². The Bertz CT molecular complexity index is 1400. The molecule has 38 heavy (non-hydrogen) atoms. The number of hydrogen-bond acceptors (Lipinski definition) is 7. The number of para-hydroxylation sites is 1. The molecule has 0 saturated carbocycles. The highest BCUT2D eigenvalue weighted by Crippen LogP contribution is 2.40. The molecule has 0 saturated heterocycles. The molecule has 190 valence electrons. The number of ether oxygens (including phenoxy) is 1. The van der Waals surface area contributed by atoms with E-state index in [0.29, 0.717) is 18.0 Å². The molecule has 3 heterocycles. The minimum Gasteiger partial charge on any atom is -0.470 e. The van der Waals surface area contributed by atoms with Gasteiger partial charge in [0.15, 0.2) is 0 Å². The topological polar surface area (TPSA) is 94.0 Å². The van der Waals surface area contributed by atoms with Gasteiger partial charge < -0.3 is 26.0 Å². The number of nitrogens with one attached hydrogen (secondary N) is 4. The number of nitrogens with zero attached hydrogens (tertiary/aromatic N) is 2. The van der Waals surface area contributed by atoms with Crippen LogP contribution in [0, 0.1) is 11.3 Å². The van der Waals surface area contributed by atoms with E-state index in [2.05, 4.69) is 51.0 Å². The average Bonchev–Trinajstić information content (AvgIpc) is 3.37. The first-order valence-corrected chi connectivity index (χ1v) is 12.7. The van der Waals surface area contributed by atoms with Gasteiger partial charge in [-0.1, -0.05) is 67.2 Å². The first-order valence-electron chi connectivity index (χ1n) is 12.7. The zero-order valence-corrected chi connectivity index (χ0v) is 21.1. The largest absolute Gasteiger partial charge is 0.470 e. The number of pyridine rings is 1. The van der Waals surface area contributed by atoms with Crippen LogP contribution in [-0.2, 0) is 6.42 Å². The van der Waals surface area contributed by atoms with Crippen LogP contribution in [0.5, 0.6) is 5.88 Å². The third-order valence-electron chi connectivity index (χ3n) is 6.30. The van der Waals surface area contributed by atoms with Gasteiger partial charge >= 0.3 is 0 Å². The van der Waals surface area contributed by atoms with Gasteiger partial charge in [-0.25, -0.2) is 4.98 Å². The molecule has 6 rings (SSSR count). The van der Waals surface area contributed by atoms with Crippen LogP contribution in [0.2, 0.25) is 0 Å². The second-order valence-electron chi connectivity index (χ2n) is 9.07. The van der Waals surface area contributed by atoms with Gasteiger partial charge in [0, 0.05) is 23.9 Å². The van der Waals surface area contributed by atoms with E-state index >= 15 is 0 Å². The maximum Gasteiger partial charge on any atom is 0.237 e. The molecule has 1 aromatic heterocycles. The maximum absolute atomic E-state index is 8.88. The first-order chi connectivity index (χ1) is 18.7. The highest BCUT2D eigenvalue weighted by molar-refractivity contribution is 5.92. The number of nitriles is 1. The van der Waals surface area contributed by atoms with Crippen molar-refractivity contribution in [3.05, 3.63) is 115 Å². The highest BCUT2D eigenvalue weighted by atomic mass is 16.5. The Hall–Kier alpha value is -4.80. The second-order valence-corrected chi connectivity index (χ2v) is 9.07. The molecule has 4 aromatic rings. The van der Waals surface area contributed by atoms with Crippen LogP contribution in [-0.4, -0.2) is 30.7 Å². The van der Waals surface area contributed by atoms with Gasteiger partial charge in [-0.3, -0.25) is 0 Å². The average molecular weight is 503 g/mol. The van der Waals surface area contributed by atoms with Crippen molar-refractivity contribution in [1.82, 2.24) is 10.3 Å². The van der Waals surface area contributed by atoms with Crippen molar-refractivity contribution in [3.63, 3.8) is 0 Å². The Labute approximate surface area is 223 Å². The summed E-state index contributed by atoms with van der Waals surface area (Å²) >= 11 is 0. The van der Waals surface area contributed by atoms with Crippen LogP contribution in [0.3, 0.4) is 0 Å². The molecule has 4 N–H and O–H groups in total. The molecule has 0 aliphatic carbocycles. The number of benzene rings is 3.